The van der Waals surface area contributed by atoms with Crippen LogP contribution in [0, 0.1) is 11.8 Å². The molecule has 0 radical (unpaired) electrons. The van der Waals surface area contributed by atoms with Crippen LogP contribution < -0.4 is 10.4 Å². The highest BCUT2D eigenvalue weighted by Crippen LogP contribution is 2.44. The molecule has 0 aromatic heterocycles. The van der Waals surface area contributed by atoms with Crippen LogP contribution in [0.3, 0.4) is 0 Å². The summed E-state index contributed by atoms with van der Waals surface area (Å²) in [6.07, 6.45) is 3.55. The van der Waals surface area contributed by atoms with E-state index in [1.54, 1.807) is 0 Å². The van der Waals surface area contributed by atoms with Crippen LogP contribution in [0.4, 0.5) is 0 Å². The number of hydrogen-bond acceptors (Lipinski definition) is 5. The quantitative estimate of drug-likeness (QED) is 0.169. The summed E-state index contributed by atoms with van der Waals surface area (Å²) < 4.78 is 23.4. The molecular weight excluding hydrogens is 689 g/mol. The smallest absolute Gasteiger partial charge is 0.261 e. The molecule has 3 rings (SSSR count). The average Bonchev–Trinajstić information content (AvgIpc) is 2.99. The van der Waals surface area contributed by atoms with Crippen LogP contribution in [-0.2, 0) is 13.3 Å². The van der Waals surface area contributed by atoms with Crippen LogP contribution in [0.1, 0.15) is 95.4 Å². The highest BCUT2D eigenvalue weighted by molar-refractivity contribution is 8.17. The van der Waals surface area contributed by atoms with Gasteiger partial charge in [-0.05, 0) is 88.4 Å². The Kier molecular flexibility index (Phi) is 15.1. The number of benzene rings is 2. The Balaban J connectivity index is 2.10. The van der Waals surface area contributed by atoms with Gasteiger partial charge in [0.05, 0.1) is 16.8 Å². The van der Waals surface area contributed by atoms with Crippen molar-refractivity contribution in [3.05, 3.63) is 60.7 Å². The first-order valence-corrected chi connectivity index (χ1v) is 28.7. The van der Waals surface area contributed by atoms with E-state index in [0.29, 0.717) is 17.1 Å². The molecule has 1 aliphatic heterocycles. The highest BCUT2D eigenvalue weighted by atomic mass is 32.2. The molecule has 1 saturated heterocycles. The van der Waals surface area contributed by atoms with E-state index in [1.165, 1.54) is 34.7 Å². The molecule has 0 spiro atoms. The zero-order valence-corrected chi connectivity index (χ0v) is 38.6. The third-order valence-corrected chi connectivity index (χ3v) is 28.5. The molecule has 0 amide bonds. The molecule has 3 nitrogen and oxygen atoms in total. The Morgan fingerprint density at radius 3 is 1.55 bits per heavy atom. The number of rotatable bonds is 15. The molecule has 1 heterocycles. The molecule has 0 unspecified atom stereocenters. The second-order valence-corrected chi connectivity index (χ2v) is 35.6. The van der Waals surface area contributed by atoms with Gasteiger partial charge in [-0.25, -0.2) is 0 Å². The first-order valence-electron chi connectivity index (χ1n) is 18.9. The van der Waals surface area contributed by atoms with Crippen molar-refractivity contribution in [2.24, 2.45) is 11.8 Å². The molecule has 1 fully saturated rings. The van der Waals surface area contributed by atoms with Gasteiger partial charge in [0, 0.05) is 12.5 Å². The third-order valence-electron chi connectivity index (χ3n) is 11.5. The topological polar surface area (TPSA) is 27.7 Å². The Morgan fingerprint density at radius 2 is 1.12 bits per heavy atom. The summed E-state index contributed by atoms with van der Waals surface area (Å²) in [4.78, 5) is 0. The maximum absolute atomic E-state index is 7.61. The second kappa shape index (κ2) is 17.2. The van der Waals surface area contributed by atoms with Crippen LogP contribution in [0.5, 0.6) is 0 Å². The van der Waals surface area contributed by atoms with Crippen LogP contribution in [0.2, 0.25) is 41.3 Å². The SMILES string of the molecule is C[C@H](CC1SCCCS1)C[C@H](O[Si](C)(C)C(C)(C)C)[C@@H](O[Si](C)(C)C(C)(C)C)[C@@H](C)CO[Si](c1ccccc1)(c1ccccc1)C(C)(C)C. The van der Waals surface area contributed by atoms with Gasteiger partial charge in [0.2, 0.25) is 0 Å². The van der Waals surface area contributed by atoms with Crippen molar-refractivity contribution in [1.82, 2.24) is 0 Å². The van der Waals surface area contributed by atoms with Gasteiger partial charge in [-0.3, -0.25) is 0 Å². The second-order valence-electron chi connectivity index (χ2n) is 18.8. The van der Waals surface area contributed by atoms with Crippen molar-refractivity contribution in [2.75, 3.05) is 18.1 Å². The Hall–Kier alpha value is -0.329. The first kappa shape index (κ1) is 43.1. The zero-order valence-electron chi connectivity index (χ0n) is 33.9. The first-order chi connectivity index (χ1) is 22.5. The summed E-state index contributed by atoms with van der Waals surface area (Å²) in [5, 5.41) is 2.78. The summed E-state index contributed by atoms with van der Waals surface area (Å²) >= 11 is 4.33. The van der Waals surface area contributed by atoms with E-state index in [4.69, 9.17) is 13.3 Å². The van der Waals surface area contributed by atoms with Gasteiger partial charge in [0.15, 0.2) is 16.6 Å². The largest absolute Gasteiger partial charge is 0.411 e. The van der Waals surface area contributed by atoms with Crippen LogP contribution in [-0.4, -0.2) is 59.9 Å². The van der Waals surface area contributed by atoms with E-state index in [0.717, 1.165) is 6.42 Å². The predicted octanol–water partition coefficient (Wildman–Crippen LogP) is 11.6. The lowest BCUT2D eigenvalue weighted by atomic mass is 9.92. The molecule has 0 N–H and O–H groups in total. The predicted molar refractivity (Wildman–Crippen MR) is 229 cm³/mol. The average molecular weight is 761 g/mol. The van der Waals surface area contributed by atoms with Crippen molar-refractivity contribution in [2.45, 2.75) is 154 Å². The van der Waals surface area contributed by atoms with Gasteiger partial charge in [-0.15, -0.1) is 23.5 Å². The van der Waals surface area contributed by atoms with Gasteiger partial charge >= 0.3 is 0 Å². The van der Waals surface area contributed by atoms with Gasteiger partial charge in [-0.1, -0.05) is 137 Å². The lowest BCUT2D eigenvalue weighted by Crippen LogP contribution is -2.67. The molecule has 0 bridgehead atoms. The minimum atomic E-state index is -2.71. The molecular formula is C41H72O3S2Si3. The van der Waals surface area contributed by atoms with Gasteiger partial charge < -0.3 is 13.3 Å². The summed E-state index contributed by atoms with van der Waals surface area (Å²) in [6.45, 7) is 36.5. The Labute approximate surface area is 314 Å². The molecule has 1 aliphatic rings. The van der Waals surface area contributed by atoms with E-state index >= 15 is 0 Å². The number of hydrogen-bond donors (Lipinski definition) is 0. The van der Waals surface area contributed by atoms with E-state index in [9.17, 15) is 0 Å². The summed E-state index contributed by atoms with van der Waals surface area (Å²) in [5.41, 5.74) is 0. The van der Waals surface area contributed by atoms with E-state index in [1.807, 2.05) is 0 Å². The lowest BCUT2D eigenvalue weighted by molar-refractivity contribution is -0.0197. The minimum absolute atomic E-state index is 0.0151. The summed E-state index contributed by atoms with van der Waals surface area (Å²) in [7, 11) is -6.99. The molecule has 4 atom stereocenters. The molecule has 49 heavy (non-hydrogen) atoms. The maximum atomic E-state index is 7.61. The zero-order chi connectivity index (χ0) is 36.9. The molecule has 2 aromatic carbocycles. The van der Waals surface area contributed by atoms with Gasteiger partial charge in [0.1, 0.15) is 0 Å². The van der Waals surface area contributed by atoms with Crippen molar-refractivity contribution in [3.63, 3.8) is 0 Å². The minimum Gasteiger partial charge on any atom is -0.411 e. The fourth-order valence-corrected chi connectivity index (χ4v) is 17.1. The molecule has 0 aliphatic carbocycles. The van der Waals surface area contributed by atoms with Crippen LogP contribution in [0.25, 0.3) is 0 Å². The molecule has 0 saturated carbocycles. The van der Waals surface area contributed by atoms with Crippen LogP contribution in [0.15, 0.2) is 60.7 Å². The fraction of sp³-hybridized carbons (Fsp3) is 0.707. The highest BCUT2D eigenvalue weighted by Gasteiger charge is 2.52. The van der Waals surface area contributed by atoms with Crippen molar-refractivity contribution >= 4 is 58.8 Å². The van der Waals surface area contributed by atoms with E-state index in [-0.39, 0.29) is 33.2 Å². The molecule has 2 aromatic rings. The Morgan fingerprint density at radius 1 is 0.673 bits per heavy atom. The van der Waals surface area contributed by atoms with Crippen molar-refractivity contribution in [3.8, 4) is 0 Å². The third kappa shape index (κ3) is 11.1. The van der Waals surface area contributed by atoms with Crippen molar-refractivity contribution in [1.29, 1.82) is 0 Å². The standard InChI is InChI=1S/C41H72O3S2Si3/c1-32(30-37-45-27-22-28-46-37)29-36(43-47(12,13)39(3,4)5)38(44-48(14,15)40(6,7)8)33(2)31-42-49(41(9,10)11,34-23-18-16-19-24-34)35-25-20-17-21-26-35/h16-21,23-26,32-33,36-38H,22,27-31H2,1-15H3/t32-,33-,36-,38-/m0/s1. The van der Waals surface area contributed by atoms with Crippen molar-refractivity contribution < 1.29 is 13.3 Å². The van der Waals surface area contributed by atoms with E-state index in [2.05, 4.69) is 187 Å². The molecule has 8 heteroatoms. The molecule has 278 valence electrons. The normalized spacial score (nSPS) is 18.6. The Bertz CT molecular complexity index is 1220. The summed E-state index contributed by atoms with van der Waals surface area (Å²) in [5.74, 6) is 3.29. The maximum Gasteiger partial charge on any atom is 0.261 e. The van der Waals surface area contributed by atoms with Gasteiger partial charge in [-0.2, -0.15) is 0 Å². The van der Waals surface area contributed by atoms with Crippen LogP contribution >= 0.6 is 23.5 Å². The fourth-order valence-electron chi connectivity index (χ4n) is 6.49. The lowest BCUT2D eigenvalue weighted by Gasteiger charge is -2.48. The monoisotopic (exact) mass is 760 g/mol. The summed E-state index contributed by atoms with van der Waals surface area (Å²) in [6, 6.07) is 22.1. The van der Waals surface area contributed by atoms with E-state index < -0.39 is 25.0 Å². The van der Waals surface area contributed by atoms with Gasteiger partial charge in [0.25, 0.3) is 8.32 Å². The number of thioether (sulfide) groups is 2.